The summed E-state index contributed by atoms with van der Waals surface area (Å²) in [5.41, 5.74) is 2.25. The first-order valence-electron chi connectivity index (χ1n) is 5.29. The van der Waals surface area contributed by atoms with Crippen LogP contribution in [0.15, 0.2) is 54.1 Å². The van der Waals surface area contributed by atoms with Crippen molar-refractivity contribution in [1.82, 2.24) is 0 Å². The zero-order valence-corrected chi connectivity index (χ0v) is 13.1. The number of fused-ring (bicyclic) bond motifs is 2. The Balaban J connectivity index is 2.13. The third-order valence-electron chi connectivity index (χ3n) is 2.74. The molecule has 0 amide bonds. The van der Waals surface area contributed by atoms with Crippen molar-refractivity contribution in [3.05, 3.63) is 44.2 Å². The Morgan fingerprint density at radius 3 is 2.94 bits per heavy atom. The average Bonchev–Trinajstić information content (AvgIpc) is 2.26. The number of nitrogens with zero attached hydrogens (tertiary/aromatic N) is 1. The Kier molecular flexibility index (Phi) is 3.05. The van der Waals surface area contributed by atoms with Crippen LogP contribution in [0.25, 0.3) is 0 Å². The van der Waals surface area contributed by atoms with Crippen LogP contribution >= 0.6 is 43.6 Å². The van der Waals surface area contributed by atoms with Crippen molar-refractivity contribution in [2.45, 2.75) is 11.8 Å². The molecule has 17 heavy (non-hydrogen) atoms. The van der Waals surface area contributed by atoms with Crippen molar-refractivity contribution in [3.8, 4) is 0 Å². The van der Waals surface area contributed by atoms with Gasteiger partial charge in [0, 0.05) is 24.7 Å². The Bertz CT molecular complexity index is 587. The molecule has 0 saturated heterocycles. The van der Waals surface area contributed by atoms with Crippen LogP contribution in [0.4, 0.5) is 5.69 Å². The fourth-order valence-corrected chi connectivity index (χ4v) is 4.39. The lowest BCUT2D eigenvalue weighted by atomic mass is 10.00. The molecule has 0 saturated carbocycles. The zero-order chi connectivity index (χ0) is 12.0. The molecule has 4 heteroatoms. The summed E-state index contributed by atoms with van der Waals surface area (Å²) in [6.45, 7) is 2.18. The van der Waals surface area contributed by atoms with Crippen LogP contribution < -0.4 is 0 Å². The molecule has 1 aromatic carbocycles. The second-order valence-electron chi connectivity index (χ2n) is 4.06. The van der Waals surface area contributed by atoms with E-state index in [9.17, 15) is 0 Å². The van der Waals surface area contributed by atoms with Crippen molar-refractivity contribution in [1.29, 1.82) is 0 Å². The van der Waals surface area contributed by atoms with Crippen LogP contribution in [0.1, 0.15) is 6.92 Å². The number of hydrogen-bond acceptors (Lipinski definition) is 2. The Hall–Kier alpha value is -0.320. The molecule has 1 aliphatic carbocycles. The number of halogens is 2. The fraction of sp³-hybridized carbons (Fsp3) is 0.154. The van der Waals surface area contributed by atoms with Crippen molar-refractivity contribution >= 4 is 55.0 Å². The lowest BCUT2D eigenvalue weighted by Crippen LogP contribution is -2.15. The van der Waals surface area contributed by atoms with Gasteiger partial charge in [-0.2, -0.15) is 0 Å². The summed E-state index contributed by atoms with van der Waals surface area (Å²) >= 11 is 8.84. The number of aliphatic imine (C=N–C) groups is 1. The normalized spacial score (nSPS) is 22.1. The average molecular weight is 371 g/mol. The first-order chi connectivity index (χ1) is 8.13. The lowest BCUT2D eigenvalue weighted by molar-refractivity contribution is 0.987. The molecule has 1 aromatic rings. The van der Waals surface area contributed by atoms with Gasteiger partial charge in [0.05, 0.1) is 11.4 Å². The van der Waals surface area contributed by atoms with E-state index < -0.39 is 0 Å². The number of allylic oxidation sites excluding steroid dienone is 4. The van der Waals surface area contributed by atoms with Crippen LogP contribution in [0.2, 0.25) is 0 Å². The van der Waals surface area contributed by atoms with Gasteiger partial charge in [-0.3, -0.25) is 4.99 Å². The van der Waals surface area contributed by atoms with E-state index in [0.717, 1.165) is 14.6 Å². The summed E-state index contributed by atoms with van der Waals surface area (Å²) in [6, 6.07) is 6.23. The first-order valence-corrected chi connectivity index (χ1v) is 7.69. The second-order valence-corrected chi connectivity index (χ2v) is 6.98. The van der Waals surface area contributed by atoms with E-state index in [0.29, 0.717) is 5.92 Å². The monoisotopic (exact) mass is 369 g/mol. The van der Waals surface area contributed by atoms with Gasteiger partial charge in [-0.15, -0.1) is 0 Å². The summed E-state index contributed by atoms with van der Waals surface area (Å²) in [6.07, 6.45) is 4.33. The van der Waals surface area contributed by atoms with E-state index in [-0.39, 0.29) is 0 Å². The molecule has 1 atom stereocenters. The van der Waals surface area contributed by atoms with Crippen molar-refractivity contribution < 1.29 is 0 Å². The van der Waals surface area contributed by atoms with Gasteiger partial charge in [0.2, 0.25) is 0 Å². The summed E-state index contributed by atoms with van der Waals surface area (Å²) in [5, 5.41) is 0. The molecule has 1 aliphatic heterocycles. The van der Waals surface area contributed by atoms with E-state index in [4.69, 9.17) is 4.99 Å². The van der Waals surface area contributed by atoms with Crippen LogP contribution in [0, 0.1) is 5.92 Å². The predicted octanol–water partition coefficient (Wildman–Crippen LogP) is 5.44. The van der Waals surface area contributed by atoms with Gasteiger partial charge in [0.1, 0.15) is 0 Å². The number of hydrogen-bond donors (Lipinski definition) is 0. The largest absolute Gasteiger partial charge is 0.250 e. The smallest absolute Gasteiger partial charge is 0.0773 e. The lowest BCUT2D eigenvalue weighted by Gasteiger charge is -2.24. The SMILES string of the molecule is CC1C=C(Br)C=C2Sc3cc(Br)ccc3N=C21. The maximum Gasteiger partial charge on any atom is 0.0773 e. The van der Waals surface area contributed by atoms with E-state index in [1.54, 1.807) is 11.8 Å². The Morgan fingerprint density at radius 2 is 2.12 bits per heavy atom. The van der Waals surface area contributed by atoms with Gasteiger partial charge in [-0.25, -0.2) is 0 Å². The minimum atomic E-state index is 0.369. The molecule has 0 N–H and O–H groups in total. The number of rotatable bonds is 0. The highest BCUT2D eigenvalue weighted by Gasteiger charge is 2.24. The molecule has 0 radical (unpaired) electrons. The minimum absolute atomic E-state index is 0.369. The predicted molar refractivity (Wildman–Crippen MR) is 81.4 cm³/mol. The maximum atomic E-state index is 4.77. The minimum Gasteiger partial charge on any atom is -0.250 e. The molecule has 0 fully saturated rings. The topological polar surface area (TPSA) is 12.4 Å². The van der Waals surface area contributed by atoms with Gasteiger partial charge in [0.15, 0.2) is 0 Å². The molecule has 86 valence electrons. The first kappa shape index (κ1) is 11.8. The fourth-order valence-electron chi connectivity index (χ4n) is 1.94. The van der Waals surface area contributed by atoms with E-state index >= 15 is 0 Å². The van der Waals surface area contributed by atoms with Crippen LogP contribution in [0.5, 0.6) is 0 Å². The van der Waals surface area contributed by atoms with Gasteiger partial charge in [0.25, 0.3) is 0 Å². The van der Waals surface area contributed by atoms with Crippen molar-refractivity contribution in [2.24, 2.45) is 10.9 Å². The summed E-state index contributed by atoms with van der Waals surface area (Å²) < 4.78 is 2.24. The number of thioether (sulfide) groups is 1. The summed E-state index contributed by atoms with van der Waals surface area (Å²) in [7, 11) is 0. The van der Waals surface area contributed by atoms with E-state index in [1.165, 1.54) is 15.5 Å². The molecular weight excluding hydrogens is 362 g/mol. The van der Waals surface area contributed by atoms with Crippen molar-refractivity contribution in [2.75, 3.05) is 0 Å². The number of benzene rings is 1. The Morgan fingerprint density at radius 1 is 1.29 bits per heavy atom. The summed E-state index contributed by atoms with van der Waals surface area (Å²) in [5.74, 6) is 0.369. The molecule has 1 unspecified atom stereocenters. The highest BCUT2D eigenvalue weighted by Crippen LogP contribution is 2.45. The molecule has 0 bridgehead atoms. The van der Waals surface area contributed by atoms with Crippen LogP contribution in [-0.4, -0.2) is 5.71 Å². The molecule has 1 nitrogen and oxygen atoms in total. The molecule has 0 spiro atoms. The van der Waals surface area contributed by atoms with Gasteiger partial charge in [-0.1, -0.05) is 56.6 Å². The standard InChI is InChI=1S/C13H9Br2NS/c1-7-4-9(15)6-12-13(7)16-10-3-2-8(14)5-11(10)17-12/h2-7H,1H3. The van der Waals surface area contributed by atoms with Crippen LogP contribution in [0.3, 0.4) is 0 Å². The Labute approximate surface area is 121 Å². The van der Waals surface area contributed by atoms with E-state index in [2.05, 4.69) is 63.1 Å². The molecule has 3 rings (SSSR count). The van der Waals surface area contributed by atoms with E-state index in [1.807, 2.05) is 6.07 Å². The van der Waals surface area contributed by atoms with Gasteiger partial charge < -0.3 is 0 Å². The highest BCUT2D eigenvalue weighted by molar-refractivity contribution is 9.12. The van der Waals surface area contributed by atoms with Crippen LogP contribution in [-0.2, 0) is 0 Å². The third-order valence-corrected chi connectivity index (χ3v) is 4.82. The quantitative estimate of drug-likeness (QED) is 0.592. The van der Waals surface area contributed by atoms with Crippen molar-refractivity contribution in [3.63, 3.8) is 0 Å². The zero-order valence-electron chi connectivity index (χ0n) is 9.08. The maximum absolute atomic E-state index is 4.77. The molecular formula is C13H9Br2NS. The summed E-state index contributed by atoms with van der Waals surface area (Å²) in [4.78, 5) is 7.22. The molecule has 0 aromatic heterocycles. The molecule has 1 heterocycles. The second kappa shape index (κ2) is 4.41. The molecule has 2 aliphatic rings. The highest BCUT2D eigenvalue weighted by atomic mass is 79.9. The van der Waals surface area contributed by atoms with Gasteiger partial charge >= 0.3 is 0 Å². The van der Waals surface area contributed by atoms with Gasteiger partial charge in [-0.05, 0) is 24.3 Å². The third kappa shape index (κ3) is 2.18.